The normalized spacial score (nSPS) is 18.0. The number of methoxy groups -OCH3 is 1. The summed E-state index contributed by atoms with van der Waals surface area (Å²) in [7, 11) is 1.61. The van der Waals surface area contributed by atoms with Gasteiger partial charge in [0.1, 0.15) is 11.5 Å². The third kappa shape index (κ3) is 5.46. The first-order valence-corrected chi connectivity index (χ1v) is 11.0. The van der Waals surface area contributed by atoms with Crippen LogP contribution in [0, 0.1) is 6.92 Å². The molecule has 9 heteroatoms. The molecular weight excluding hydrogens is 444 g/mol. The van der Waals surface area contributed by atoms with Gasteiger partial charge in [-0.3, -0.25) is 4.79 Å². The maximum atomic E-state index is 13.0. The molecule has 1 aliphatic heterocycles. The number of aromatic nitrogens is 1. The zero-order chi connectivity index (χ0) is 23.4. The average Bonchev–Trinajstić information content (AvgIpc) is 3.26. The summed E-state index contributed by atoms with van der Waals surface area (Å²) in [6.45, 7) is 2.67. The minimum absolute atomic E-state index is 0.113. The van der Waals surface area contributed by atoms with E-state index < -0.39 is 0 Å². The number of hydrogen-bond donors (Lipinski definition) is 2. The van der Waals surface area contributed by atoms with Gasteiger partial charge in [-0.25, -0.2) is 4.79 Å². The number of piperidine rings is 1. The maximum Gasteiger partial charge on any atom is 0.319 e. The lowest BCUT2D eigenvalue weighted by molar-refractivity contribution is 0.0675. The van der Waals surface area contributed by atoms with Crippen molar-refractivity contribution in [2.24, 2.45) is 0 Å². The summed E-state index contributed by atoms with van der Waals surface area (Å²) in [5.41, 5.74) is 1.93. The summed E-state index contributed by atoms with van der Waals surface area (Å²) in [6, 6.07) is 15.7. The number of ether oxygens (including phenoxy) is 1. The lowest BCUT2D eigenvalue weighted by Crippen LogP contribution is -2.52. The quantitative estimate of drug-likeness (QED) is 0.576. The number of halogens is 1. The third-order valence-corrected chi connectivity index (χ3v) is 5.96. The molecule has 0 bridgehead atoms. The molecule has 0 saturated carbocycles. The minimum atomic E-state index is -0.312. The van der Waals surface area contributed by atoms with Crippen molar-refractivity contribution in [2.75, 3.05) is 25.5 Å². The van der Waals surface area contributed by atoms with Gasteiger partial charge in [-0.2, -0.15) is 0 Å². The van der Waals surface area contributed by atoms with Gasteiger partial charge in [0.15, 0.2) is 5.69 Å². The van der Waals surface area contributed by atoms with Crippen LogP contribution in [-0.2, 0) is 0 Å². The number of nitrogens with zero attached hydrogens (tertiary/aromatic N) is 2. The molecule has 1 fully saturated rings. The lowest BCUT2D eigenvalue weighted by atomic mass is 9.85. The second-order valence-electron chi connectivity index (χ2n) is 7.95. The number of likely N-dealkylation sites (tertiary alicyclic amines) is 1. The number of nitrogens with one attached hydrogen (secondary N) is 2. The van der Waals surface area contributed by atoms with E-state index in [1.807, 2.05) is 24.3 Å². The Kier molecular flexibility index (Phi) is 6.84. The van der Waals surface area contributed by atoms with Crippen LogP contribution in [0.2, 0.25) is 5.02 Å². The Bertz CT molecular complexity index is 1110. The van der Waals surface area contributed by atoms with E-state index >= 15 is 0 Å². The first-order valence-electron chi connectivity index (χ1n) is 10.6. The van der Waals surface area contributed by atoms with E-state index in [4.69, 9.17) is 20.9 Å². The number of amides is 3. The topological polar surface area (TPSA) is 96.7 Å². The third-order valence-electron chi connectivity index (χ3n) is 5.71. The number of urea groups is 1. The Hall–Kier alpha value is -3.52. The number of carbonyl (C=O) groups excluding carboxylic acids is 2. The molecule has 2 heterocycles. The molecule has 4 rings (SSSR count). The Labute approximate surface area is 196 Å². The van der Waals surface area contributed by atoms with Crippen molar-refractivity contribution in [1.29, 1.82) is 0 Å². The van der Waals surface area contributed by atoms with Crippen LogP contribution in [0.15, 0.2) is 59.1 Å². The van der Waals surface area contributed by atoms with Crippen LogP contribution in [0.25, 0.3) is 0 Å². The fourth-order valence-corrected chi connectivity index (χ4v) is 4.12. The highest BCUT2D eigenvalue weighted by atomic mass is 35.5. The van der Waals surface area contributed by atoms with Crippen LogP contribution in [-0.4, -0.2) is 48.2 Å². The molecule has 0 spiro atoms. The maximum absolute atomic E-state index is 13.0. The van der Waals surface area contributed by atoms with Gasteiger partial charge in [0.25, 0.3) is 5.91 Å². The van der Waals surface area contributed by atoms with Gasteiger partial charge in [-0.05, 0) is 55.3 Å². The summed E-state index contributed by atoms with van der Waals surface area (Å²) in [5.74, 6) is 1.03. The van der Waals surface area contributed by atoms with Crippen LogP contribution >= 0.6 is 11.6 Å². The first kappa shape index (κ1) is 22.7. The van der Waals surface area contributed by atoms with Gasteiger partial charge in [-0.15, -0.1) is 0 Å². The van der Waals surface area contributed by atoms with E-state index in [0.29, 0.717) is 36.0 Å². The van der Waals surface area contributed by atoms with Crippen LogP contribution in [0.1, 0.15) is 34.2 Å². The molecular formula is C24H25ClN4O4. The Balaban J connectivity index is 1.51. The molecule has 0 aliphatic carbocycles. The monoisotopic (exact) mass is 468 g/mol. The SMILES string of the molecule is COc1ccc(C2CN(C(=O)c3cc(C)on3)CCC2NC(=O)Nc2ccc(Cl)cc2)cc1. The Morgan fingerprint density at radius 2 is 1.88 bits per heavy atom. The molecule has 172 valence electrons. The minimum Gasteiger partial charge on any atom is -0.497 e. The second-order valence-corrected chi connectivity index (χ2v) is 8.39. The van der Waals surface area contributed by atoms with Crippen molar-refractivity contribution in [2.45, 2.75) is 25.3 Å². The van der Waals surface area contributed by atoms with Crippen molar-refractivity contribution in [3.63, 3.8) is 0 Å². The molecule has 3 aromatic rings. The van der Waals surface area contributed by atoms with Crippen molar-refractivity contribution >= 4 is 29.2 Å². The van der Waals surface area contributed by atoms with Crippen molar-refractivity contribution < 1.29 is 18.8 Å². The van der Waals surface area contributed by atoms with E-state index in [9.17, 15) is 9.59 Å². The highest BCUT2D eigenvalue weighted by molar-refractivity contribution is 6.30. The largest absolute Gasteiger partial charge is 0.497 e. The number of carbonyl (C=O) groups is 2. The molecule has 2 aromatic carbocycles. The van der Waals surface area contributed by atoms with Gasteiger partial charge in [-0.1, -0.05) is 28.9 Å². The summed E-state index contributed by atoms with van der Waals surface area (Å²) >= 11 is 5.92. The van der Waals surface area contributed by atoms with E-state index in [2.05, 4.69) is 15.8 Å². The van der Waals surface area contributed by atoms with E-state index in [1.165, 1.54) is 0 Å². The molecule has 2 atom stereocenters. The second kappa shape index (κ2) is 9.95. The number of aryl methyl sites for hydroxylation is 1. The number of benzene rings is 2. The van der Waals surface area contributed by atoms with Crippen molar-refractivity contribution in [3.05, 3.63) is 76.6 Å². The van der Waals surface area contributed by atoms with Crippen LogP contribution in [0.3, 0.4) is 0 Å². The van der Waals surface area contributed by atoms with E-state index in [0.717, 1.165) is 11.3 Å². The summed E-state index contributed by atoms with van der Waals surface area (Å²) < 4.78 is 10.3. The first-order chi connectivity index (χ1) is 15.9. The Morgan fingerprint density at radius 3 is 2.52 bits per heavy atom. The molecule has 33 heavy (non-hydrogen) atoms. The number of rotatable bonds is 5. The average molecular weight is 469 g/mol. The molecule has 1 saturated heterocycles. The molecule has 8 nitrogen and oxygen atoms in total. The molecule has 0 radical (unpaired) electrons. The van der Waals surface area contributed by atoms with Gasteiger partial charge in [0, 0.05) is 41.8 Å². The zero-order valence-electron chi connectivity index (χ0n) is 18.4. The molecule has 3 amide bonds. The highest BCUT2D eigenvalue weighted by Crippen LogP contribution is 2.30. The molecule has 1 aliphatic rings. The molecule has 2 N–H and O–H groups in total. The predicted molar refractivity (Wildman–Crippen MR) is 125 cm³/mol. The van der Waals surface area contributed by atoms with Crippen molar-refractivity contribution in [3.8, 4) is 5.75 Å². The van der Waals surface area contributed by atoms with Gasteiger partial charge in [0.05, 0.1) is 7.11 Å². The molecule has 1 aromatic heterocycles. The van der Waals surface area contributed by atoms with E-state index in [-0.39, 0.29) is 29.6 Å². The van der Waals surface area contributed by atoms with Crippen LogP contribution in [0.5, 0.6) is 5.75 Å². The predicted octanol–water partition coefficient (Wildman–Crippen LogP) is 4.47. The smallest absolute Gasteiger partial charge is 0.319 e. The van der Waals surface area contributed by atoms with Gasteiger partial charge >= 0.3 is 6.03 Å². The summed E-state index contributed by atoms with van der Waals surface area (Å²) in [5, 5.41) is 10.4. The number of anilines is 1. The number of hydrogen-bond acceptors (Lipinski definition) is 5. The van der Waals surface area contributed by atoms with Crippen molar-refractivity contribution in [1.82, 2.24) is 15.4 Å². The van der Waals surface area contributed by atoms with Gasteiger partial charge in [0.2, 0.25) is 0 Å². The van der Waals surface area contributed by atoms with E-state index in [1.54, 1.807) is 49.3 Å². The fraction of sp³-hybridized carbons (Fsp3) is 0.292. The van der Waals surface area contributed by atoms with Crippen LogP contribution < -0.4 is 15.4 Å². The fourth-order valence-electron chi connectivity index (χ4n) is 4.00. The van der Waals surface area contributed by atoms with Crippen LogP contribution in [0.4, 0.5) is 10.5 Å². The summed E-state index contributed by atoms with van der Waals surface area (Å²) in [4.78, 5) is 27.4. The standard InChI is InChI=1S/C24H25ClN4O4/c1-15-13-22(28-33-15)23(30)29-12-11-21(20(14-29)16-3-9-19(32-2)10-4-16)27-24(31)26-18-7-5-17(25)6-8-18/h3-10,13,20-21H,11-12,14H2,1-2H3,(H2,26,27,31). The Morgan fingerprint density at radius 1 is 1.15 bits per heavy atom. The van der Waals surface area contributed by atoms with Gasteiger partial charge < -0.3 is 24.8 Å². The highest BCUT2D eigenvalue weighted by Gasteiger charge is 2.34. The molecule has 2 unspecified atom stereocenters. The zero-order valence-corrected chi connectivity index (χ0v) is 19.1. The lowest BCUT2D eigenvalue weighted by Gasteiger charge is -2.39. The summed E-state index contributed by atoms with van der Waals surface area (Å²) in [6.07, 6.45) is 0.591.